The third-order valence-corrected chi connectivity index (χ3v) is 3.63. The van der Waals surface area contributed by atoms with Gasteiger partial charge in [0.25, 0.3) is 0 Å². The highest BCUT2D eigenvalue weighted by Crippen LogP contribution is 2.18. The van der Waals surface area contributed by atoms with Crippen molar-refractivity contribution in [2.45, 2.75) is 13.0 Å². The van der Waals surface area contributed by atoms with E-state index in [9.17, 15) is 4.79 Å². The van der Waals surface area contributed by atoms with Crippen molar-refractivity contribution >= 4 is 11.6 Å². The highest BCUT2D eigenvalue weighted by atomic mass is 16.2. The number of para-hydroxylation sites is 1. The molecule has 114 valence electrons. The summed E-state index contributed by atoms with van der Waals surface area (Å²) in [6.07, 6.45) is 3.92. The maximum atomic E-state index is 12.8. The summed E-state index contributed by atoms with van der Waals surface area (Å²) in [6.45, 7) is 0.517. The molecular formula is C20H18N2O. The van der Waals surface area contributed by atoms with Gasteiger partial charge in [0.15, 0.2) is 0 Å². The Hall–Kier alpha value is -2.94. The van der Waals surface area contributed by atoms with Gasteiger partial charge in [-0.3, -0.25) is 9.78 Å². The van der Waals surface area contributed by atoms with E-state index in [2.05, 4.69) is 4.98 Å². The molecule has 0 aliphatic rings. The van der Waals surface area contributed by atoms with Crippen LogP contribution in [0.25, 0.3) is 0 Å². The van der Waals surface area contributed by atoms with Crippen LogP contribution in [-0.4, -0.2) is 10.9 Å². The molecule has 0 bridgehead atoms. The predicted molar refractivity (Wildman–Crippen MR) is 92.0 cm³/mol. The van der Waals surface area contributed by atoms with Crippen LogP contribution in [0.15, 0.2) is 85.2 Å². The van der Waals surface area contributed by atoms with Crippen molar-refractivity contribution in [1.29, 1.82) is 0 Å². The number of hydrogen-bond acceptors (Lipinski definition) is 2. The molecule has 0 aliphatic heterocycles. The number of benzene rings is 2. The van der Waals surface area contributed by atoms with Gasteiger partial charge in [-0.15, -0.1) is 0 Å². The van der Waals surface area contributed by atoms with Gasteiger partial charge in [0, 0.05) is 18.1 Å². The minimum absolute atomic E-state index is 0.0752. The van der Waals surface area contributed by atoms with Crippen LogP contribution in [-0.2, 0) is 17.8 Å². The molecule has 0 saturated heterocycles. The van der Waals surface area contributed by atoms with E-state index in [1.54, 1.807) is 12.4 Å². The summed E-state index contributed by atoms with van der Waals surface area (Å²) in [5.41, 5.74) is 2.93. The normalized spacial score (nSPS) is 10.3. The number of carbonyl (C=O) groups excluding carboxylic acids is 1. The lowest BCUT2D eigenvalue weighted by molar-refractivity contribution is -0.118. The quantitative estimate of drug-likeness (QED) is 0.717. The molecule has 1 amide bonds. The molecule has 0 saturated carbocycles. The van der Waals surface area contributed by atoms with Crippen molar-refractivity contribution in [2.24, 2.45) is 0 Å². The number of hydrogen-bond donors (Lipinski definition) is 0. The molecule has 0 unspecified atom stereocenters. The molecule has 2 aromatic carbocycles. The number of amides is 1. The van der Waals surface area contributed by atoms with E-state index in [0.717, 1.165) is 16.8 Å². The Morgan fingerprint density at radius 2 is 1.48 bits per heavy atom. The lowest BCUT2D eigenvalue weighted by Crippen LogP contribution is -2.31. The number of nitrogens with zero attached hydrogens (tertiary/aromatic N) is 2. The average Bonchev–Trinajstić information content (AvgIpc) is 2.62. The number of pyridine rings is 1. The molecule has 0 spiro atoms. The fourth-order valence-corrected chi connectivity index (χ4v) is 2.47. The third kappa shape index (κ3) is 4.04. The van der Waals surface area contributed by atoms with Crippen LogP contribution in [0.2, 0.25) is 0 Å². The Labute approximate surface area is 136 Å². The lowest BCUT2D eigenvalue weighted by atomic mass is 10.1. The molecule has 3 heteroatoms. The van der Waals surface area contributed by atoms with Crippen LogP contribution in [0.1, 0.15) is 11.1 Å². The number of rotatable bonds is 5. The molecule has 1 aromatic heterocycles. The van der Waals surface area contributed by atoms with Crippen LogP contribution in [0.4, 0.5) is 5.69 Å². The summed E-state index contributed by atoms with van der Waals surface area (Å²) < 4.78 is 0. The van der Waals surface area contributed by atoms with Crippen LogP contribution in [0.3, 0.4) is 0 Å². The predicted octanol–water partition coefficient (Wildman–Crippen LogP) is 3.86. The molecule has 0 aliphatic carbocycles. The van der Waals surface area contributed by atoms with E-state index in [-0.39, 0.29) is 5.91 Å². The Morgan fingerprint density at radius 1 is 0.826 bits per heavy atom. The van der Waals surface area contributed by atoms with Crippen molar-refractivity contribution in [1.82, 2.24) is 4.98 Å². The highest BCUT2D eigenvalue weighted by molar-refractivity contribution is 5.94. The van der Waals surface area contributed by atoms with Crippen LogP contribution in [0, 0.1) is 0 Å². The zero-order chi connectivity index (χ0) is 15.9. The van der Waals surface area contributed by atoms with Gasteiger partial charge in [-0.25, -0.2) is 0 Å². The first-order chi connectivity index (χ1) is 11.3. The van der Waals surface area contributed by atoms with E-state index in [1.165, 1.54) is 0 Å². The van der Waals surface area contributed by atoms with Gasteiger partial charge in [0.05, 0.1) is 13.0 Å². The monoisotopic (exact) mass is 302 g/mol. The van der Waals surface area contributed by atoms with Crippen LogP contribution in [0.5, 0.6) is 0 Å². The Kier molecular flexibility index (Phi) is 4.79. The van der Waals surface area contributed by atoms with E-state index in [0.29, 0.717) is 13.0 Å². The molecule has 0 N–H and O–H groups in total. The number of carbonyl (C=O) groups is 1. The summed E-state index contributed by atoms with van der Waals surface area (Å²) in [6, 6.07) is 23.5. The maximum Gasteiger partial charge on any atom is 0.231 e. The third-order valence-electron chi connectivity index (χ3n) is 3.63. The van der Waals surface area contributed by atoms with Gasteiger partial charge in [0.2, 0.25) is 5.91 Å². The Morgan fingerprint density at radius 3 is 2.13 bits per heavy atom. The summed E-state index contributed by atoms with van der Waals surface area (Å²) in [7, 11) is 0. The van der Waals surface area contributed by atoms with Gasteiger partial charge in [-0.2, -0.15) is 0 Å². The zero-order valence-corrected chi connectivity index (χ0v) is 12.8. The van der Waals surface area contributed by atoms with E-state index < -0.39 is 0 Å². The standard InChI is InChI=1S/C20H18N2O/c23-20(14-17-8-3-1-4-9-17)22(19-11-5-2-6-12-19)16-18-10-7-13-21-15-18/h1-13,15H,14,16H2. The maximum absolute atomic E-state index is 12.8. The van der Waals surface area contributed by atoms with Crippen molar-refractivity contribution in [3.05, 3.63) is 96.3 Å². The van der Waals surface area contributed by atoms with Crippen molar-refractivity contribution in [3.63, 3.8) is 0 Å². The second-order valence-electron chi connectivity index (χ2n) is 5.34. The second kappa shape index (κ2) is 7.36. The van der Waals surface area contributed by atoms with Gasteiger partial charge < -0.3 is 4.90 Å². The molecule has 23 heavy (non-hydrogen) atoms. The van der Waals surface area contributed by atoms with Crippen LogP contribution >= 0.6 is 0 Å². The molecule has 0 fully saturated rings. The number of anilines is 1. The molecule has 3 aromatic rings. The molecule has 3 nitrogen and oxygen atoms in total. The highest BCUT2D eigenvalue weighted by Gasteiger charge is 2.16. The molecule has 0 atom stereocenters. The molecule has 0 radical (unpaired) electrons. The Bertz CT molecular complexity index is 742. The summed E-state index contributed by atoms with van der Waals surface area (Å²) in [5.74, 6) is 0.0752. The van der Waals surface area contributed by atoms with Gasteiger partial charge in [-0.05, 0) is 29.3 Å². The minimum Gasteiger partial charge on any atom is -0.308 e. The summed E-state index contributed by atoms with van der Waals surface area (Å²) in [4.78, 5) is 18.8. The second-order valence-corrected chi connectivity index (χ2v) is 5.34. The van der Waals surface area contributed by atoms with Crippen molar-refractivity contribution in [2.75, 3.05) is 4.90 Å². The van der Waals surface area contributed by atoms with Gasteiger partial charge in [0.1, 0.15) is 0 Å². The molecule has 1 heterocycles. The summed E-state index contributed by atoms with van der Waals surface area (Å²) >= 11 is 0. The fourth-order valence-electron chi connectivity index (χ4n) is 2.47. The van der Waals surface area contributed by atoms with E-state index >= 15 is 0 Å². The first-order valence-corrected chi connectivity index (χ1v) is 7.61. The van der Waals surface area contributed by atoms with Gasteiger partial charge >= 0.3 is 0 Å². The zero-order valence-electron chi connectivity index (χ0n) is 12.8. The van der Waals surface area contributed by atoms with Crippen LogP contribution < -0.4 is 4.90 Å². The molecular weight excluding hydrogens is 284 g/mol. The first-order valence-electron chi connectivity index (χ1n) is 7.61. The lowest BCUT2D eigenvalue weighted by Gasteiger charge is -2.23. The molecule has 3 rings (SSSR count). The van der Waals surface area contributed by atoms with Crippen molar-refractivity contribution in [3.8, 4) is 0 Å². The average molecular weight is 302 g/mol. The Balaban J connectivity index is 1.84. The first kappa shape index (κ1) is 15.0. The van der Waals surface area contributed by atoms with E-state index in [4.69, 9.17) is 0 Å². The number of aromatic nitrogens is 1. The van der Waals surface area contributed by atoms with E-state index in [1.807, 2.05) is 77.7 Å². The van der Waals surface area contributed by atoms with Gasteiger partial charge in [-0.1, -0.05) is 54.6 Å². The SMILES string of the molecule is O=C(Cc1ccccc1)N(Cc1cccnc1)c1ccccc1. The fraction of sp³-hybridized carbons (Fsp3) is 0.100. The largest absolute Gasteiger partial charge is 0.308 e. The minimum atomic E-state index is 0.0752. The topological polar surface area (TPSA) is 33.2 Å². The smallest absolute Gasteiger partial charge is 0.231 e. The van der Waals surface area contributed by atoms with Crippen molar-refractivity contribution < 1.29 is 4.79 Å². The summed E-state index contributed by atoms with van der Waals surface area (Å²) in [5, 5.41) is 0.